The quantitative estimate of drug-likeness (QED) is 0.384. The van der Waals surface area contributed by atoms with E-state index in [-0.39, 0.29) is 6.92 Å². The van der Waals surface area contributed by atoms with Crippen LogP contribution in [0.4, 0.5) is 0 Å². The molecular weight excluding hydrogens is 351 g/mol. The SMILES string of the molecule is CB(O)CCCCC(N)(CCCN(C)Cc1ccc2ccccc2c1)C(=O)O. The fraction of sp³-hybridized carbons (Fsp3) is 0.500. The van der Waals surface area contributed by atoms with Crippen molar-refractivity contribution in [3.63, 3.8) is 0 Å². The number of fused-ring (bicyclic) bond motifs is 1. The van der Waals surface area contributed by atoms with E-state index in [0.717, 1.165) is 32.4 Å². The van der Waals surface area contributed by atoms with E-state index in [1.807, 2.05) is 12.1 Å². The number of hydrogen-bond donors (Lipinski definition) is 3. The zero-order valence-electron chi connectivity index (χ0n) is 17.1. The number of nitrogens with zero attached hydrogens (tertiary/aromatic N) is 1. The second kappa shape index (κ2) is 10.6. The number of carboxylic acids is 1. The first-order chi connectivity index (χ1) is 13.3. The molecule has 5 nitrogen and oxygen atoms in total. The summed E-state index contributed by atoms with van der Waals surface area (Å²) in [6, 6.07) is 14.8. The van der Waals surface area contributed by atoms with Crippen LogP contribution in [-0.4, -0.2) is 47.0 Å². The second-order valence-corrected chi connectivity index (χ2v) is 8.08. The van der Waals surface area contributed by atoms with Gasteiger partial charge in [-0.25, -0.2) is 0 Å². The van der Waals surface area contributed by atoms with Crippen LogP contribution in [0.5, 0.6) is 0 Å². The van der Waals surface area contributed by atoms with Crippen molar-refractivity contribution in [3.05, 3.63) is 48.0 Å². The van der Waals surface area contributed by atoms with Crippen LogP contribution in [0.1, 0.15) is 37.7 Å². The van der Waals surface area contributed by atoms with Crippen molar-refractivity contribution in [1.29, 1.82) is 0 Å². The number of hydrogen-bond acceptors (Lipinski definition) is 4. The first kappa shape index (κ1) is 22.4. The first-order valence-electron chi connectivity index (χ1n) is 10.2. The second-order valence-electron chi connectivity index (χ2n) is 8.08. The molecule has 0 aromatic heterocycles. The molecule has 4 N–H and O–H groups in total. The Morgan fingerprint density at radius 3 is 2.46 bits per heavy atom. The predicted molar refractivity (Wildman–Crippen MR) is 117 cm³/mol. The molecule has 0 radical (unpaired) electrons. The van der Waals surface area contributed by atoms with E-state index in [2.05, 4.69) is 42.3 Å². The summed E-state index contributed by atoms with van der Waals surface area (Å²) in [4.78, 5) is 13.9. The molecule has 0 saturated heterocycles. The van der Waals surface area contributed by atoms with Crippen molar-refractivity contribution in [1.82, 2.24) is 4.90 Å². The lowest BCUT2D eigenvalue weighted by atomic mass is 9.66. The molecule has 0 spiro atoms. The van der Waals surface area contributed by atoms with Crippen molar-refractivity contribution in [2.24, 2.45) is 5.73 Å². The van der Waals surface area contributed by atoms with Crippen LogP contribution in [0.3, 0.4) is 0 Å². The fourth-order valence-electron chi connectivity index (χ4n) is 3.61. The molecule has 2 rings (SSSR count). The molecule has 0 bridgehead atoms. The molecule has 0 amide bonds. The lowest BCUT2D eigenvalue weighted by Gasteiger charge is -2.26. The highest BCUT2D eigenvalue weighted by molar-refractivity contribution is 6.48. The third-order valence-electron chi connectivity index (χ3n) is 5.35. The highest BCUT2D eigenvalue weighted by Gasteiger charge is 2.32. The predicted octanol–water partition coefficient (Wildman–Crippen LogP) is 3.62. The highest BCUT2D eigenvalue weighted by Crippen LogP contribution is 2.21. The van der Waals surface area contributed by atoms with Crippen LogP contribution in [0.2, 0.25) is 13.1 Å². The summed E-state index contributed by atoms with van der Waals surface area (Å²) in [5.74, 6) is -0.929. The minimum atomic E-state index is -1.18. The summed E-state index contributed by atoms with van der Waals surface area (Å²) in [5.41, 5.74) is 6.25. The lowest BCUT2D eigenvalue weighted by molar-refractivity contribution is -0.144. The van der Waals surface area contributed by atoms with Gasteiger partial charge in [0.25, 0.3) is 6.92 Å². The van der Waals surface area contributed by atoms with E-state index in [9.17, 15) is 14.9 Å². The van der Waals surface area contributed by atoms with Crippen LogP contribution in [0.15, 0.2) is 42.5 Å². The molecule has 1 unspecified atom stereocenters. The molecular formula is C22H33BN2O3. The number of carbonyl (C=O) groups is 1. The Bertz CT molecular complexity index is 768. The number of unbranched alkanes of at least 4 members (excludes halogenated alkanes) is 1. The van der Waals surface area contributed by atoms with Gasteiger partial charge in [-0.1, -0.05) is 56.1 Å². The van der Waals surface area contributed by atoms with Crippen LogP contribution >= 0.6 is 0 Å². The Hall–Kier alpha value is -1.89. The zero-order valence-corrected chi connectivity index (χ0v) is 17.1. The maximum atomic E-state index is 11.7. The van der Waals surface area contributed by atoms with Crippen molar-refractivity contribution in [3.8, 4) is 0 Å². The van der Waals surface area contributed by atoms with E-state index in [0.29, 0.717) is 19.2 Å². The van der Waals surface area contributed by atoms with Crippen molar-refractivity contribution in [2.75, 3.05) is 13.6 Å². The molecule has 152 valence electrons. The van der Waals surface area contributed by atoms with E-state index in [1.165, 1.54) is 16.3 Å². The van der Waals surface area contributed by atoms with Crippen molar-refractivity contribution in [2.45, 2.75) is 57.3 Å². The van der Waals surface area contributed by atoms with E-state index in [1.54, 1.807) is 6.82 Å². The van der Waals surface area contributed by atoms with E-state index < -0.39 is 11.5 Å². The zero-order chi connectivity index (χ0) is 20.6. The minimum Gasteiger partial charge on any atom is -0.480 e. The molecule has 2 aromatic carbocycles. The molecule has 28 heavy (non-hydrogen) atoms. The Kier molecular flexibility index (Phi) is 8.48. The number of rotatable bonds is 12. The molecule has 0 saturated carbocycles. The summed E-state index contributed by atoms with van der Waals surface area (Å²) >= 11 is 0. The monoisotopic (exact) mass is 384 g/mol. The van der Waals surface area contributed by atoms with Crippen LogP contribution in [0.25, 0.3) is 10.8 Å². The highest BCUT2D eigenvalue weighted by atomic mass is 16.4. The van der Waals surface area contributed by atoms with Gasteiger partial charge in [-0.15, -0.1) is 0 Å². The van der Waals surface area contributed by atoms with Crippen LogP contribution < -0.4 is 5.73 Å². The Balaban J connectivity index is 1.80. The molecule has 0 aliphatic rings. The van der Waals surface area contributed by atoms with E-state index in [4.69, 9.17) is 5.73 Å². The average molecular weight is 384 g/mol. The lowest BCUT2D eigenvalue weighted by Crippen LogP contribution is -2.48. The largest absolute Gasteiger partial charge is 0.480 e. The molecule has 1 atom stereocenters. The van der Waals surface area contributed by atoms with Gasteiger partial charge in [0, 0.05) is 6.54 Å². The standard InChI is InChI=1S/C22H33BN2O3/c1-23(28)14-6-5-12-22(24,21(26)27)13-7-15-25(2)17-18-10-11-19-8-3-4-9-20(19)16-18/h3-4,8-11,16,28H,5-7,12-15,17,24H2,1-2H3,(H,26,27). The number of nitrogens with two attached hydrogens (primary N) is 1. The Morgan fingerprint density at radius 2 is 1.79 bits per heavy atom. The molecule has 0 aliphatic carbocycles. The first-order valence-corrected chi connectivity index (χ1v) is 10.2. The molecule has 0 aliphatic heterocycles. The van der Waals surface area contributed by atoms with Crippen LogP contribution in [-0.2, 0) is 11.3 Å². The van der Waals surface area contributed by atoms with E-state index >= 15 is 0 Å². The maximum Gasteiger partial charge on any atom is 0.323 e. The summed E-state index contributed by atoms with van der Waals surface area (Å²) in [7, 11) is 2.05. The third kappa shape index (κ3) is 6.93. The molecule has 6 heteroatoms. The van der Waals surface area contributed by atoms with Gasteiger partial charge in [-0.05, 0) is 61.6 Å². The van der Waals surface area contributed by atoms with Gasteiger partial charge in [0.1, 0.15) is 5.54 Å². The number of benzene rings is 2. The third-order valence-corrected chi connectivity index (χ3v) is 5.35. The van der Waals surface area contributed by atoms with Gasteiger partial charge in [-0.2, -0.15) is 0 Å². The van der Waals surface area contributed by atoms with Gasteiger partial charge >= 0.3 is 5.97 Å². The molecule has 2 aromatic rings. The Morgan fingerprint density at radius 1 is 1.11 bits per heavy atom. The van der Waals surface area contributed by atoms with Crippen molar-refractivity contribution < 1.29 is 14.9 Å². The number of aliphatic carboxylic acids is 1. The summed E-state index contributed by atoms with van der Waals surface area (Å²) < 4.78 is 0. The smallest absolute Gasteiger partial charge is 0.323 e. The Labute approximate surface area is 168 Å². The summed E-state index contributed by atoms with van der Waals surface area (Å²) in [5, 5.41) is 21.3. The van der Waals surface area contributed by atoms with Gasteiger partial charge in [-0.3, -0.25) is 4.79 Å². The molecule has 0 heterocycles. The topological polar surface area (TPSA) is 86.8 Å². The summed E-state index contributed by atoms with van der Waals surface area (Å²) in [6.45, 7) is 3.02. The summed E-state index contributed by atoms with van der Waals surface area (Å²) in [6.07, 6.45) is 3.85. The van der Waals surface area contributed by atoms with Gasteiger partial charge in [0.15, 0.2) is 0 Å². The maximum absolute atomic E-state index is 11.7. The normalized spacial score (nSPS) is 13.6. The van der Waals surface area contributed by atoms with Crippen LogP contribution in [0, 0.1) is 0 Å². The van der Waals surface area contributed by atoms with Gasteiger partial charge in [0.05, 0.1) is 0 Å². The van der Waals surface area contributed by atoms with Gasteiger partial charge < -0.3 is 20.8 Å². The minimum absolute atomic E-state index is 0.347. The van der Waals surface area contributed by atoms with Crippen molar-refractivity contribution >= 4 is 23.7 Å². The number of carboxylic acid groups (broad SMARTS) is 1. The average Bonchev–Trinajstić information content (AvgIpc) is 2.65. The molecule has 0 fully saturated rings. The van der Waals surface area contributed by atoms with Gasteiger partial charge in [0.2, 0.25) is 0 Å². The fourth-order valence-corrected chi connectivity index (χ4v) is 3.61.